The summed E-state index contributed by atoms with van der Waals surface area (Å²) >= 11 is 0. The van der Waals surface area contributed by atoms with E-state index in [2.05, 4.69) is 74.7 Å². The lowest BCUT2D eigenvalue weighted by atomic mass is 10.0. The van der Waals surface area contributed by atoms with Crippen LogP contribution in [0.1, 0.15) is 252 Å². The third kappa shape index (κ3) is 42.3. The van der Waals surface area contributed by atoms with Crippen LogP contribution in [-0.4, -0.2) is 46.9 Å². The summed E-state index contributed by atoms with van der Waals surface area (Å²) < 4.78 is 5.92. The highest BCUT2D eigenvalue weighted by molar-refractivity contribution is 5.77. The molecule has 0 bridgehead atoms. The van der Waals surface area contributed by atoms with Crippen LogP contribution in [-0.2, 0) is 14.3 Å². The van der Waals surface area contributed by atoms with Gasteiger partial charge in [-0.15, -0.1) is 0 Å². The van der Waals surface area contributed by atoms with Crippen molar-refractivity contribution in [3.63, 3.8) is 0 Å². The van der Waals surface area contributed by atoms with Crippen molar-refractivity contribution < 1.29 is 24.5 Å². The number of unbranched alkanes of at least 4 members (excludes halogenated alkanes) is 27. The fraction of sp³-hybridized carbons (Fsp3) is 0.811. The van der Waals surface area contributed by atoms with E-state index in [0.717, 1.165) is 89.9 Å². The Morgan fingerprint density at radius 1 is 0.508 bits per heavy atom. The molecular formula is C53H97NO5. The zero-order valence-corrected chi connectivity index (χ0v) is 39.1. The zero-order chi connectivity index (χ0) is 43.1. The van der Waals surface area contributed by atoms with Gasteiger partial charge in [0.05, 0.1) is 25.2 Å². The molecule has 0 aromatic carbocycles. The number of rotatable bonds is 45. The molecule has 0 spiro atoms. The summed E-state index contributed by atoms with van der Waals surface area (Å²) in [6.07, 6.45) is 56.0. The van der Waals surface area contributed by atoms with Gasteiger partial charge in [-0.2, -0.15) is 0 Å². The Balaban J connectivity index is 4.60. The first-order valence-corrected chi connectivity index (χ1v) is 25.4. The lowest BCUT2D eigenvalue weighted by Crippen LogP contribution is -2.46. The predicted molar refractivity (Wildman–Crippen MR) is 255 cm³/mol. The highest BCUT2D eigenvalue weighted by Crippen LogP contribution is 2.18. The minimum atomic E-state index is -0.793. The molecule has 344 valence electrons. The Hall–Kier alpha value is -2.18. The molecule has 3 atom stereocenters. The van der Waals surface area contributed by atoms with Crippen LogP contribution in [0.4, 0.5) is 0 Å². The minimum absolute atomic E-state index is 0.0611. The van der Waals surface area contributed by atoms with E-state index >= 15 is 0 Å². The highest BCUT2D eigenvalue weighted by atomic mass is 16.5. The molecule has 59 heavy (non-hydrogen) atoms. The van der Waals surface area contributed by atoms with Crippen LogP contribution in [0.15, 0.2) is 48.6 Å². The number of carbonyl (C=O) groups is 2. The molecule has 0 aliphatic rings. The first kappa shape index (κ1) is 56.8. The molecule has 0 rings (SSSR count). The smallest absolute Gasteiger partial charge is 0.306 e. The summed E-state index contributed by atoms with van der Waals surface area (Å²) in [4.78, 5) is 26.1. The van der Waals surface area contributed by atoms with Crippen LogP contribution in [0.5, 0.6) is 0 Å². The predicted octanol–water partition coefficient (Wildman–Crippen LogP) is 15.1. The maximum Gasteiger partial charge on any atom is 0.306 e. The third-order valence-corrected chi connectivity index (χ3v) is 11.5. The van der Waals surface area contributed by atoms with Gasteiger partial charge in [0, 0.05) is 6.42 Å². The Labute approximate surface area is 366 Å². The van der Waals surface area contributed by atoms with Crippen LogP contribution in [0.2, 0.25) is 0 Å². The Kier molecular flexibility index (Phi) is 45.1. The molecule has 3 unspecified atom stereocenters. The van der Waals surface area contributed by atoms with Crippen molar-refractivity contribution in [3.05, 3.63) is 48.6 Å². The van der Waals surface area contributed by atoms with Crippen molar-refractivity contribution in [2.75, 3.05) is 6.61 Å². The van der Waals surface area contributed by atoms with Crippen LogP contribution >= 0.6 is 0 Å². The number of allylic oxidation sites excluding steroid dienone is 8. The van der Waals surface area contributed by atoms with Gasteiger partial charge < -0.3 is 20.3 Å². The second kappa shape index (κ2) is 46.9. The van der Waals surface area contributed by atoms with Gasteiger partial charge in [-0.05, 0) is 70.6 Å². The van der Waals surface area contributed by atoms with Crippen LogP contribution < -0.4 is 5.32 Å². The van der Waals surface area contributed by atoms with Gasteiger partial charge in [0.15, 0.2) is 0 Å². The summed E-state index contributed by atoms with van der Waals surface area (Å²) in [6, 6.07) is -0.708. The number of aliphatic hydroxyl groups excluding tert-OH is 2. The molecule has 0 aromatic heterocycles. The second-order valence-corrected chi connectivity index (χ2v) is 17.2. The fourth-order valence-electron chi connectivity index (χ4n) is 7.60. The van der Waals surface area contributed by atoms with E-state index in [0.29, 0.717) is 19.3 Å². The van der Waals surface area contributed by atoms with Gasteiger partial charge >= 0.3 is 5.97 Å². The standard InChI is InChI=1S/C53H97NO5/c1-4-7-10-13-16-19-22-24-25-26-28-31-34-37-40-43-46-53(58)59-49(44-41-38-35-32-30-27-23-20-17-14-11-8-5-2)47-52(57)54-50(48-55)51(56)45-42-39-36-33-29-21-18-15-12-9-6-3/h8,11,14,17,20,23,25-26,49-51,55-56H,4-7,9-10,12-13,15-16,18-19,21-22,24,27-48H2,1-3H3,(H,54,57)/b11-8+,17-14+,23-20+,26-25+. The van der Waals surface area contributed by atoms with Crippen molar-refractivity contribution in [1.29, 1.82) is 0 Å². The number of hydrogen-bond donors (Lipinski definition) is 3. The van der Waals surface area contributed by atoms with Gasteiger partial charge in [-0.25, -0.2) is 0 Å². The number of nitrogens with one attached hydrogen (secondary N) is 1. The summed E-state index contributed by atoms with van der Waals surface area (Å²) in [6.45, 7) is 6.34. The Morgan fingerprint density at radius 2 is 0.932 bits per heavy atom. The molecule has 0 radical (unpaired) electrons. The molecule has 0 aromatic rings. The SMILES string of the molecule is CC/C=C/C=C/C=C/CCCCCCCC(CC(=O)NC(CO)C(O)CCCCCCCCCCCCC)OC(=O)CCCCCCC/C=C/CCCCCCCCC. The van der Waals surface area contributed by atoms with E-state index in [1.165, 1.54) is 116 Å². The normalized spacial score (nSPS) is 13.6. The minimum Gasteiger partial charge on any atom is -0.462 e. The molecule has 1 amide bonds. The monoisotopic (exact) mass is 828 g/mol. The number of ether oxygens (including phenoxy) is 1. The van der Waals surface area contributed by atoms with Gasteiger partial charge in [0.25, 0.3) is 0 Å². The van der Waals surface area contributed by atoms with Gasteiger partial charge in [-0.1, -0.05) is 217 Å². The first-order valence-electron chi connectivity index (χ1n) is 25.4. The molecule has 0 heterocycles. The quantitative estimate of drug-likeness (QED) is 0.0246. The Bertz CT molecular complexity index is 1020. The highest BCUT2D eigenvalue weighted by Gasteiger charge is 2.24. The largest absolute Gasteiger partial charge is 0.462 e. The zero-order valence-electron chi connectivity index (χ0n) is 39.1. The average Bonchev–Trinajstić information content (AvgIpc) is 3.23. The molecule has 0 aliphatic heterocycles. The maximum absolute atomic E-state index is 13.2. The second-order valence-electron chi connectivity index (χ2n) is 17.2. The van der Waals surface area contributed by atoms with Crippen molar-refractivity contribution >= 4 is 11.9 Å². The first-order chi connectivity index (χ1) is 29.0. The number of aliphatic hydroxyl groups is 2. The van der Waals surface area contributed by atoms with Gasteiger partial charge in [-0.3, -0.25) is 9.59 Å². The lowest BCUT2D eigenvalue weighted by molar-refractivity contribution is -0.151. The molecule has 0 saturated heterocycles. The van der Waals surface area contributed by atoms with Crippen molar-refractivity contribution in [2.24, 2.45) is 0 Å². The van der Waals surface area contributed by atoms with E-state index < -0.39 is 18.2 Å². The number of carbonyl (C=O) groups excluding carboxylic acids is 2. The van der Waals surface area contributed by atoms with Gasteiger partial charge in [0.1, 0.15) is 6.10 Å². The molecule has 0 fully saturated rings. The number of esters is 1. The fourth-order valence-corrected chi connectivity index (χ4v) is 7.60. The van der Waals surface area contributed by atoms with Crippen molar-refractivity contribution in [3.8, 4) is 0 Å². The van der Waals surface area contributed by atoms with Gasteiger partial charge in [0.2, 0.25) is 5.91 Å². The van der Waals surface area contributed by atoms with Crippen LogP contribution in [0.25, 0.3) is 0 Å². The van der Waals surface area contributed by atoms with Crippen LogP contribution in [0.3, 0.4) is 0 Å². The van der Waals surface area contributed by atoms with E-state index in [4.69, 9.17) is 4.74 Å². The van der Waals surface area contributed by atoms with E-state index in [1.54, 1.807) is 0 Å². The summed E-state index contributed by atoms with van der Waals surface area (Å²) in [5, 5.41) is 23.7. The van der Waals surface area contributed by atoms with E-state index in [-0.39, 0.29) is 24.9 Å². The van der Waals surface area contributed by atoms with Crippen LogP contribution in [0, 0.1) is 0 Å². The average molecular weight is 828 g/mol. The molecule has 3 N–H and O–H groups in total. The van der Waals surface area contributed by atoms with Crippen molar-refractivity contribution in [2.45, 2.75) is 270 Å². The van der Waals surface area contributed by atoms with E-state index in [9.17, 15) is 19.8 Å². The van der Waals surface area contributed by atoms with E-state index in [1.807, 2.05) is 0 Å². The molecule has 0 saturated carbocycles. The number of hydrogen-bond acceptors (Lipinski definition) is 5. The molecule has 0 aliphatic carbocycles. The number of amides is 1. The third-order valence-electron chi connectivity index (χ3n) is 11.5. The summed E-state index contributed by atoms with van der Waals surface area (Å²) in [5.41, 5.74) is 0. The molecular weight excluding hydrogens is 731 g/mol. The topological polar surface area (TPSA) is 95.9 Å². The maximum atomic E-state index is 13.2. The molecule has 6 heteroatoms. The van der Waals surface area contributed by atoms with Crippen molar-refractivity contribution in [1.82, 2.24) is 5.32 Å². The summed E-state index contributed by atoms with van der Waals surface area (Å²) in [5.74, 6) is -0.500. The summed E-state index contributed by atoms with van der Waals surface area (Å²) in [7, 11) is 0. The lowest BCUT2D eigenvalue weighted by Gasteiger charge is -2.24. The Morgan fingerprint density at radius 3 is 1.42 bits per heavy atom. The molecule has 6 nitrogen and oxygen atoms in total.